The topological polar surface area (TPSA) is 78.7 Å². The zero-order valence-electron chi connectivity index (χ0n) is 13.4. The van der Waals surface area contributed by atoms with Crippen LogP contribution in [0.5, 0.6) is 5.75 Å². The van der Waals surface area contributed by atoms with Gasteiger partial charge in [-0.05, 0) is 26.8 Å². The fourth-order valence-electron chi connectivity index (χ4n) is 1.75. The van der Waals surface area contributed by atoms with E-state index in [2.05, 4.69) is 0 Å². The molecule has 0 heterocycles. The molecule has 1 rings (SSSR count). The quantitative estimate of drug-likeness (QED) is 0.452. The Morgan fingerprint density at radius 1 is 1.35 bits per heavy atom. The highest BCUT2D eigenvalue weighted by Gasteiger charge is 2.24. The number of ether oxygens (including phenoxy) is 2. The van der Waals surface area contributed by atoms with Crippen LogP contribution in [0.1, 0.15) is 34.1 Å². The number of benzene rings is 1. The van der Waals surface area contributed by atoms with E-state index in [4.69, 9.17) is 9.47 Å². The molecule has 0 saturated carbocycles. The Morgan fingerprint density at radius 3 is 2.48 bits per heavy atom. The minimum absolute atomic E-state index is 0.00453. The summed E-state index contributed by atoms with van der Waals surface area (Å²) in [6.07, 6.45) is -0.00453. The molecule has 1 aromatic carbocycles. The van der Waals surface area contributed by atoms with Gasteiger partial charge in [-0.25, -0.2) is 4.39 Å². The Hall–Kier alpha value is -2.25. The van der Waals surface area contributed by atoms with Gasteiger partial charge in [-0.3, -0.25) is 14.9 Å². The lowest BCUT2D eigenvalue weighted by atomic mass is 10.1. The van der Waals surface area contributed by atoms with Crippen LogP contribution in [0.2, 0.25) is 0 Å². The van der Waals surface area contributed by atoms with Gasteiger partial charge in [0.15, 0.2) is 11.6 Å². The van der Waals surface area contributed by atoms with E-state index in [1.54, 1.807) is 27.7 Å². The summed E-state index contributed by atoms with van der Waals surface area (Å²) in [5.74, 6) is -4.09. The normalized spacial score (nSPS) is 12.6. The maximum Gasteiger partial charge on any atom is 0.308 e. The van der Waals surface area contributed by atoms with Crippen molar-refractivity contribution in [3.8, 4) is 5.75 Å². The van der Waals surface area contributed by atoms with Gasteiger partial charge in [0.25, 0.3) is 0 Å². The van der Waals surface area contributed by atoms with E-state index in [0.29, 0.717) is 0 Å². The summed E-state index contributed by atoms with van der Waals surface area (Å²) in [6, 6.07) is 1.48. The molecule has 0 amide bonds. The second kappa shape index (κ2) is 7.34. The lowest BCUT2D eigenvalue weighted by molar-refractivity contribution is -0.387. The van der Waals surface area contributed by atoms with Crippen molar-refractivity contribution in [1.29, 1.82) is 0 Å². The maximum atomic E-state index is 13.8. The number of esters is 1. The van der Waals surface area contributed by atoms with Crippen LogP contribution in [-0.2, 0) is 9.53 Å². The van der Waals surface area contributed by atoms with Gasteiger partial charge in [0.1, 0.15) is 5.60 Å². The highest BCUT2D eigenvalue weighted by atomic mass is 19.1. The minimum Gasteiger partial charge on any atom is -0.487 e. The van der Waals surface area contributed by atoms with Crippen molar-refractivity contribution in [1.82, 2.24) is 0 Å². The van der Waals surface area contributed by atoms with Gasteiger partial charge in [0, 0.05) is 12.0 Å². The smallest absolute Gasteiger partial charge is 0.308 e. The summed E-state index contributed by atoms with van der Waals surface area (Å²) in [6.45, 7) is 6.62. The molecule has 0 spiro atoms. The van der Waals surface area contributed by atoms with Crippen molar-refractivity contribution in [2.45, 2.75) is 39.7 Å². The molecule has 0 fully saturated rings. The molecule has 0 unspecified atom stereocenters. The first-order chi connectivity index (χ1) is 10.5. The Morgan fingerprint density at radius 2 is 1.96 bits per heavy atom. The average molecular weight is 331 g/mol. The SMILES string of the molecule is C[C@@H](COc1c(F)ccc([N+](=O)[O-])c1F)CC(=O)OC(C)(C)C. The van der Waals surface area contributed by atoms with Crippen LogP contribution in [-0.4, -0.2) is 23.1 Å². The Labute approximate surface area is 132 Å². The number of rotatable bonds is 6. The predicted molar refractivity (Wildman–Crippen MR) is 78.1 cm³/mol. The third-order valence-electron chi connectivity index (χ3n) is 2.67. The first-order valence-electron chi connectivity index (χ1n) is 6.98. The first kappa shape index (κ1) is 18.8. The zero-order chi connectivity index (χ0) is 17.8. The highest BCUT2D eigenvalue weighted by molar-refractivity contribution is 5.70. The molecule has 1 atom stereocenters. The van der Waals surface area contributed by atoms with Crippen molar-refractivity contribution < 1.29 is 28.0 Å². The van der Waals surface area contributed by atoms with E-state index in [0.717, 1.165) is 12.1 Å². The maximum absolute atomic E-state index is 13.8. The molecule has 8 heteroatoms. The van der Waals surface area contributed by atoms with Gasteiger partial charge < -0.3 is 9.47 Å². The van der Waals surface area contributed by atoms with Crippen LogP contribution in [0, 0.1) is 27.7 Å². The van der Waals surface area contributed by atoms with Gasteiger partial charge in [0.05, 0.1) is 18.0 Å². The standard InChI is InChI=1S/C15H19F2NO5/c1-9(7-12(19)23-15(2,3)4)8-22-14-10(16)5-6-11(13(14)17)18(20)21/h5-6,9H,7-8H2,1-4H3/t9-/m1/s1. The summed E-state index contributed by atoms with van der Waals surface area (Å²) in [5, 5.41) is 10.6. The third-order valence-corrected chi connectivity index (χ3v) is 2.67. The number of carbonyl (C=O) groups is 1. The molecule has 0 aliphatic rings. The molecule has 0 aliphatic carbocycles. The molecule has 0 aromatic heterocycles. The van der Waals surface area contributed by atoms with Crippen LogP contribution >= 0.6 is 0 Å². The zero-order valence-corrected chi connectivity index (χ0v) is 13.4. The van der Waals surface area contributed by atoms with E-state index in [9.17, 15) is 23.7 Å². The summed E-state index contributed by atoms with van der Waals surface area (Å²) in [7, 11) is 0. The van der Waals surface area contributed by atoms with Gasteiger partial charge >= 0.3 is 11.7 Å². The monoisotopic (exact) mass is 331 g/mol. The van der Waals surface area contributed by atoms with Crippen LogP contribution < -0.4 is 4.74 Å². The third kappa shape index (κ3) is 5.80. The van der Waals surface area contributed by atoms with Gasteiger partial charge in [-0.1, -0.05) is 6.92 Å². The molecule has 1 aromatic rings. The largest absolute Gasteiger partial charge is 0.487 e. The predicted octanol–water partition coefficient (Wildman–Crippen LogP) is 3.62. The van der Waals surface area contributed by atoms with Crippen LogP contribution in [0.4, 0.5) is 14.5 Å². The number of hydrogen-bond donors (Lipinski definition) is 0. The molecule has 23 heavy (non-hydrogen) atoms. The second-order valence-corrected chi connectivity index (χ2v) is 6.17. The summed E-state index contributed by atoms with van der Waals surface area (Å²) in [4.78, 5) is 21.3. The van der Waals surface area contributed by atoms with Gasteiger partial charge in [-0.15, -0.1) is 0 Å². The van der Waals surface area contributed by atoms with Crippen LogP contribution in [0.25, 0.3) is 0 Å². The fraction of sp³-hybridized carbons (Fsp3) is 0.533. The molecule has 128 valence electrons. The second-order valence-electron chi connectivity index (χ2n) is 6.17. The molecule has 0 bridgehead atoms. The van der Waals surface area contributed by atoms with Crippen molar-refractivity contribution in [3.63, 3.8) is 0 Å². The number of hydrogen-bond acceptors (Lipinski definition) is 5. The Balaban J connectivity index is 2.70. The molecule has 0 radical (unpaired) electrons. The minimum atomic E-state index is -1.38. The number of nitrogens with zero attached hydrogens (tertiary/aromatic N) is 1. The molecule has 0 saturated heterocycles. The van der Waals surface area contributed by atoms with Gasteiger partial charge in [-0.2, -0.15) is 4.39 Å². The lowest BCUT2D eigenvalue weighted by Crippen LogP contribution is -2.26. The first-order valence-corrected chi connectivity index (χ1v) is 6.98. The number of halogens is 2. The average Bonchev–Trinajstić information content (AvgIpc) is 2.35. The van der Waals surface area contributed by atoms with E-state index < -0.39 is 39.6 Å². The number of nitro benzene ring substituents is 1. The van der Waals surface area contributed by atoms with Crippen molar-refractivity contribution in [3.05, 3.63) is 33.9 Å². The Kier molecular flexibility index (Phi) is 6.00. The van der Waals surface area contributed by atoms with E-state index in [1.165, 1.54) is 0 Å². The van der Waals surface area contributed by atoms with Crippen LogP contribution in [0.15, 0.2) is 12.1 Å². The lowest BCUT2D eigenvalue weighted by Gasteiger charge is -2.21. The van der Waals surface area contributed by atoms with E-state index in [1.807, 2.05) is 0 Å². The number of nitro groups is 1. The molecular formula is C15H19F2NO5. The molecular weight excluding hydrogens is 312 g/mol. The molecule has 0 N–H and O–H groups in total. The molecule has 6 nitrogen and oxygen atoms in total. The van der Waals surface area contributed by atoms with E-state index in [-0.39, 0.29) is 18.9 Å². The Bertz CT molecular complexity index is 598. The van der Waals surface area contributed by atoms with Crippen molar-refractivity contribution in [2.24, 2.45) is 5.92 Å². The van der Waals surface area contributed by atoms with Crippen molar-refractivity contribution >= 4 is 11.7 Å². The van der Waals surface area contributed by atoms with Crippen LogP contribution in [0.3, 0.4) is 0 Å². The highest BCUT2D eigenvalue weighted by Crippen LogP contribution is 2.29. The summed E-state index contributed by atoms with van der Waals surface area (Å²) < 4.78 is 37.5. The van der Waals surface area contributed by atoms with Gasteiger partial charge in [0.2, 0.25) is 5.82 Å². The van der Waals surface area contributed by atoms with Crippen molar-refractivity contribution in [2.75, 3.05) is 6.61 Å². The summed E-state index contributed by atoms with van der Waals surface area (Å²) >= 11 is 0. The number of carbonyl (C=O) groups excluding carboxylic acids is 1. The molecule has 0 aliphatic heterocycles. The van der Waals surface area contributed by atoms with E-state index >= 15 is 0 Å². The fourth-order valence-corrected chi connectivity index (χ4v) is 1.75. The summed E-state index contributed by atoms with van der Waals surface area (Å²) in [5.41, 5.74) is -1.50.